The highest BCUT2D eigenvalue weighted by Gasteiger charge is 2.18. The van der Waals surface area contributed by atoms with E-state index in [4.69, 9.17) is 4.74 Å². The van der Waals surface area contributed by atoms with Crippen LogP contribution < -0.4 is 0 Å². The van der Waals surface area contributed by atoms with Gasteiger partial charge in [-0.2, -0.15) is 0 Å². The Balaban J connectivity index is 2.06. The van der Waals surface area contributed by atoms with Gasteiger partial charge in [0.25, 0.3) is 0 Å². The Morgan fingerprint density at radius 1 is 1.19 bits per heavy atom. The van der Waals surface area contributed by atoms with Crippen LogP contribution in [0.1, 0.15) is 34.0 Å². The van der Waals surface area contributed by atoms with Crippen LogP contribution in [0.5, 0.6) is 0 Å². The summed E-state index contributed by atoms with van der Waals surface area (Å²) in [6, 6.07) is 12.2. The first-order chi connectivity index (χ1) is 9.99. The van der Waals surface area contributed by atoms with Crippen LogP contribution in [-0.2, 0) is 11.3 Å². The molecule has 0 radical (unpaired) electrons. The predicted molar refractivity (Wildman–Crippen MR) is 80.9 cm³/mol. The van der Waals surface area contributed by atoms with Gasteiger partial charge in [0.2, 0.25) is 0 Å². The van der Waals surface area contributed by atoms with Crippen LogP contribution in [0.2, 0.25) is 0 Å². The predicted octanol–water partition coefficient (Wildman–Crippen LogP) is 4.23. The fourth-order valence-corrected chi connectivity index (χ4v) is 2.13. The second kappa shape index (κ2) is 6.64. The van der Waals surface area contributed by atoms with Crippen LogP contribution in [0.3, 0.4) is 0 Å². The molecule has 0 aromatic heterocycles. The maximum Gasteiger partial charge on any atom is 0.191 e. The van der Waals surface area contributed by atoms with Crippen molar-refractivity contribution in [3.8, 4) is 0 Å². The monoisotopic (exact) mass is 286 g/mol. The molecule has 110 valence electrons. The van der Waals surface area contributed by atoms with Gasteiger partial charge in [0.05, 0.1) is 6.61 Å². The second-order valence-electron chi connectivity index (χ2n) is 5.23. The SMILES string of the molecule is Cc1ccc(C)c(C(=O)C(C)OCc2ccccc2F)c1. The molecule has 2 aromatic carbocycles. The zero-order valence-electron chi connectivity index (χ0n) is 12.5. The van der Waals surface area contributed by atoms with Gasteiger partial charge < -0.3 is 4.74 Å². The molecule has 0 aliphatic heterocycles. The molecule has 0 aliphatic rings. The van der Waals surface area contributed by atoms with E-state index in [2.05, 4.69) is 0 Å². The first-order valence-corrected chi connectivity index (χ1v) is 6.95. The summed E-state index contributed by atoms with van der Waals surface area (Å²) in [5.41, 5.74) is 3.08. The zero-order valence-corrected chi connectivity index (χ0v) is 12.5. The number of ether oxygens (including phenoxy) is 1. The number of carbonyl (C=O) groups excluding carboxylic acids is 1. The van der Waals surface area contributed by atoms with E-state index in [0.29, 0.717) is 11.1 Å². The number of carbonyl (C=O) groups is 1. The average Bonchev–Trinajstić information content (AvgIpc) is 2.48. The molecule has 1 unspecified atom stereocenters. The maximum atomic E-state index is 13.5. The number of benzene rings is 2. The Hall–Kier alpha value is -2.00. The highest BCUT2D eigenvalue weighted by atomic mass is 19.1. The lowest BCUT2D eigenvalue weighted by Gasteiger charge is -2.14. The van der Waals surface area contributed by atoms with Crippen molar-refractivity contribution < 1.29 is 13.9 Å². The van der Waals surface area contributed by atoms with Crippen LogP contribution >= 0.6 is 0 Å². The van der Waals surface area contributed by atoms with Gasteiger partial charge in [0.15, 0.2) is 5.78 Å². The molecule has 3 heteroatoms. The molecular weight excluding hydrogens is 267 g/mol. The van der Waals surface area contributed by atoms with Gasteiger partial charge in [-0.1, -0.05) is 35.9 Å². The molecular formula is C18H19FO2. The smallest absolute Gasteiger partial charge is 0.191 e. The average molecular weight is 286 g/mol. The largest absolute Gasteiger partial charge is 0.366 e. The second-order valence-corrected chi connectivity index (χ2v) is 5.23. The summed E-state index contributed by atoms with van der Waals surface area (Å²) >= 11 is 0. The molecule has 0 saturated heterocycles. The summed E-state index contributed by atoms with van der Waals surface area (Å²) in [7, 11) is 0. The number of ketones is 1. The Kier molecular flexibility index (Phi) is 4.86. The third-order valence-corrected chi connectivity index (χ3v) is 3.47. The molecule has 0 spiro atoms. The highest BCUT2D eigenvalue weighted by molar-refractivity contribution is 6.00. The molecule has 2 aromatic rings. The number of hydrogen-bond donors (Lipinski definition) is 0. The Morgan fingerprint density at radius 3 is 2.62 bits per heavy atom. The minimum atomic E-state index is -0.606. The van der Waals surface area contributed by atoms with Crippen LogP contribution in [0.4, 0.5) is 4.39 Å². The van der Waals surface area contributed by atoms with Crippen molar-refractivity contribution in [3.63, 3.8) is 0 Å². The van der Waals surface area contributed by atoms with Gasteiger partial charge in [-0.05, 0) is 38.5 Å². The van der Waals surface area contributed by atoms with E-state index < -0.39 is 6.10 Å². The summed E-state index contributed by atoms with van der Waals surface area (Å²) < 4.78 is 19.0. The van der Waals surface area contributed by atoms with E-state index in [0.717, 1.165) is 11.1 Å². The molecule has 0 aliphatic carbocycles. The molecule has 0 fully saturated rings. The van der Waals surface area contributed by atoms with Crippen molar-refractivity contribution in [2.24, 2.45) is 0 Å². The Labute approximate surface area is 124 Å². The van der Waals surface area contributed by atoms with Gasteiger partial charge >= 0.3 is 0 Å². The third-order valence-electron chi connectivity index (χ3n) is 3.47. The van der Waals surface area contributed by atoms with Gasteiger partial charge in [0, 0.05) is 11.1 Å². The fourth-order valence-electron chi connectivity index (χ4n) is 2.13. The molecule has 21 heavy (non-hydrogen) atoms. The van der Waals surface area contributed by atoms with Crippen molar-refractivity contribution in [1.82, 2.24) is 0 Å². The van der Waals surface area contributed by atoms with Crippen LogP contribution in [0, 0.1) is 19.7 Å². The van der Waals surface area contributed by atoms with Crippen molar-refractivity contribution in [2.45, 2.75) is 33.5 Å². The van der Waals surface area contributed by atoms with Crippen LogP contribution in [0.25, 0.3) is 0 Å². The van der Waals surface area contributed by atoms with Crippen molar-refractivity contribution in [2.75, 3.05) is 0 Å². The van der Waals surface area contributed by atoms with Gasteiger partial charge in [-0.3, -0.25) is 4.79 Å². The summed E-state index contributed by atoms with van der Waals surface area (Å²) in [6.45, 7) is 5.63. The zero-order chi connectivity index (χ0) is 15.4. The normalized spacial score (nSPS) is 12.2. The summed E-state index contributed by atoms with van der Waals surface area (Å²) in [6.07, 6.45) is -0.606. The third kappa shape index (κ3) is 3.76. The lowest BCUT2D eigenvalue weighted by atomic mass is 9.99. The van der Waals surface area contributed by atoms with Crippen LogP contribution in [0.15, 0.2) is 42.5 Å². The number of aryl methyl sites for hydroxylation is 2. The first kappa shape index (κ1) is 15.4. The van der Waals surface area contributed by atoms with E-state index in [1.165, 1.54) is 6.07 Å². The molecule has 2 rings (SSSR count). The van der Waals surface area contributed by atoms with E-state index >= 15 is 0 Å². The fraction of sp³-hybridized carbons (Fsp3) is 0.278. The Bertz CT molecular complexity index is 649. The molecule has 1 atom stereocenters. The lowest BCUT2D eigenvalue weighted by Crippen LogP contribution is -2.22. The maximum absolute atomic E-state index is 13.5. The number of hydrogen-bond acceptors (Lipinski definition) is 2. The minimum Gasteiger partial charge on any atom is -0.366 e. The summed E-state index contributed by atoms with van der Waals surface area (Å²) in [5, 5.41) is 0. The molecule has 2 nitrogen and oxygen atoms in total. The molecule has 0 N–H and O–H groups in total. The highest BCUT2D eigenvalue weighted by Crippen LogP contribution is 2.16. The molecule has 0 heterocycles. The topological polar surface area (TPSA) is 26.3 Å². The van der Waals surface area contributed by atoms with Crippen molar-refractivity contribution in [3.05, 3.63) is 70.5 Å². The number of halogens is 1. The van der Waals surface area contributed by atoms with E-state index in [-0.39, 0.29) is 18.2 Å². The van der Waals surface area contributed by atoms with E-state index in [1.54, 1.807) is 25.1 Å². The van der Waals surface area contributed by atoms with Crippen molar-refractivity contribution >= 4 is 5.78 Å². The minimum absolute atomic E-state index is 0.0764. The standard InChI is InChI=1S/C18H19FO2/c1-12-8-9-13(2)16(10-12)18(20)14(3)21-11-15-6-4-5-7-17(15)19/h4-10,14H,11H2,1-3H3. The lowest BCUT2D eigenvalue weighted by molar-refractivity contribution is 0.0403. The van der Waals surface area contributed by atoms with E-state index in [1.807, 2.05) is 32.0 Å². The molecule has 0 bridgehead atoms. The molecule has 0 amide bonds. The van der Waals surface area contributed by atoms with E-state index in [9.17, 15) is 9.18 Å². The number of rotatable bonds is 5. The summed E-state index contributed by atoms with van der Waals surface area (Å²) in [4.78, 5) is 12.4. The van der Waals surface area contributed by atoms with Gasteiger partial charge in [0.1, 0.15) is 11.9 Å². The van der Waals surface area contributed by atoms with Crippen molar-refractivity contribution in [1.29, 1.82) is 0 Å². The Morgan fingerprint density at radius 2 is 1.90 bits per heavy atom. The number of Topliss-reactive ketones (excluding diaryl/α,β-unsaturated/α-hetero) is 1. The van der Waals surface area contributed by atoms with Gasteiger partial charge in [-0.15, -0.1) is 0 Å². The summed E-state index contributed by atoms with van der Waals surface area (Å²) in [5.74, 6) is -0.392. The quantitative estimate of drug-likeness (QED) is 0.769. The molecule has 0 saturated carbocycles. The first-order valence-electron chi connectivity index (χ1n) is 6.95. The van der Waals surface area contributed by atoms with Crippen LogP contribution in [-0.4, -0.2) is 11.9 Å². The van der Waals surface area contributed by atoms with Gasteiger partial charge in [-0.25, -0.2) is 4.39 Å².